The summed E-state index contributed by atoms with van der Waals surface area (Å²) in [5.74, 6) is 0. The Morgan fingerprint density at radius 1 is 1.11 bits per heavy atom. The first-order valence-corrected chi connectivity index (χ1v) is 12.6. The van der Waals surface area contributed by atoms with Crippen molar-refractivity contribution in [3.05, 3.63) is 95.9 Å². The fraction of sp³-hybridized carbons (Fsp3) is 0.367. The topological polar surface area (TPSA) is 91.7 Å². The van der Waals surface area contributed by atoms with Crippen LogP contribution in [0.15, 0.2) is 89.8 Å². The van der Waals surface area contributed by atoms with E-state index in [4.69, 9.17) is 17.3 Å². The molecule has 1 aliphatic heterocycles. The van der Waals surface area contributed by atoms with E-state index in [0.717, 1.165) is 24.2 Å². The maximum atomic E-state index is 6.18. The molecule has 6 nitrogen and oxygen atoms in total. The molecule has 0 unspecified atom stereocenters. The van der Waals surface area contributed by atoms with Crippen LogP contribution in [0.1, 0.15) is 45.2 Å². The molecule has 0 aromatic heterocycles. The minimum Gasteiger partial charge on any atom is -0.405 e. The normalized spacial score (nSPS) is 12.7. The van der Waals surface area contributed by atoms with Crippen LogP contribution < -0.4 is 22.1 Å². The average molecular weight is 527 g/mol. The summed E-state index contributed by atoms with van der Waals surface area (Å²) in [6.45, 7) is 13.6. The van der Waals surface area contributed by atoms with Crippen LogP contribution in [0.3, 0.4) is 0 Å². The molecule has 37 heavy (non-hydrogen) atoms. The average Bonchev–Trinajstić information content (AvgIpc) is 3.43. The van der Waals surface area contributed by atoms with Crippen LogP contribution >= 0.6 is 11.6 Å². The number of aryl methyl sites for hydroxylation is 2. The quantitative estimate of drug-likeness (QED) is 0.272. The number of aliphatic imine (C=N–C) groups is 1. The Hall–Kier alpha value is -3.22. The zero-order valence-corrected chi connectivity index (χ0v) is 22.8. The van der Waals surface area contributed by atoms with E-state index in [0.29, 0.717) is 5.03 Å². The van der Waals surface area contributed by atoms with E-state index in [1.807, 2.05) is 32.2 Å². The number of likely N-dealkylation sites (tertiary alicyclic amines) is 1. The first-order valence-electron chi connectivity index (χ1n) is 12.3. The minimum atomic E-state index is 0. The third-order valence-corrected chi connectivity index (χ3v) is 5.96. The maximum Gasteiger partial charge on any atom is 0.0863 e. The second-order valence-electron chi connectivity index (χ2n) is 8.34. The Morgan fingerprint density at radius 2 is 1.76 bits per heavy atom. The van der Waals surface area contributed by atoms with Crippen LogP contribution in [0.5, 0.6) is 0 Å². The van der Waals surface area contributed by atoms with Crippen molar-refractivity contribution in [1.82, 2.24) is 4.90 Å². The second kappa shape index (κ2) is 19.9. The number of rotatable bonds is 9. The number of nitrogens with one attached hydrogen (secondary N) is 2. The van der Waals surface area contributed by atoms with E-state index in [2.05, 4.69) is 76.7 Å². The zero-order valence-electron chi connectivity index (χ0n) is 22.1. The van der Waals surface area contributed by atoms with Gasteiger partial charge in [0.2, 0.25) is 0 Å². The Bertz CT molecular complexity index is 993. The minimum absolute atomic E-state index is 0. The van der Waals surface area contributed by atoms with Gasteiger partial charge in [0.25, 0.3) is 0 Å². The maximum absolute atomic E-state index is 6.18. The lowest BCUT2D eigenvalue weighted by molar-refractivity contribution is 0.430. The van der Waals surface area contributed by atoms with E-state index >= 15 is 0 Å². The van der Waals surface area contributed by atoms with E-state index in [1.165, 1.54) is 54.6 Å². The molecule has 1 saturated heterocycles. The Morgan fingerprint density at radius 3 is 2.32 bits per heavy atom. The number of halogens is 1. The van der Waals surface area contributed by atoms with Gasteiger partial charge in [0, 0.05) is 43.4 Å². The second-order valence-corrected chi connectivity index (χ2v) is 8.74. The van der Waals surface area contributed by atoms with Gasteiger partial charge in [-0.3, -0.25) is 4.99 Å². The highest BCUT2D eigenvalue weighted by Crippen LogP contribution is 2.19. The molecule has 0 radical (unpaired) electrons. The van der Waals surface area contributed by atoms with Gasteiger partial charge in [-0.15, -0.1) is 0 Å². The van der Waals surface area contributed by atoms with Crippen molar-refractivity contribution in [3.8, 4) is 0 Å². The molecule has 0 aliphatic carbocycles. The molecule has 1 heterocycles. The largest absolute Gasteiger partial charge is 0.405 e. The summed E-state index contributed by atoms with van der Waals surface area (Å²) in [5, 5.41) is 7.01. The van der Waals surface area contributed by atoms with Gasteiger partial charge >= 0.3 is 0 Å². The highest BCUT2D eigenvalue weighted by Gasteiger charge is 2.08. The molecule has 0 amide bonds. The molecule has 1 fully saturated rings. The molecule has 204 valence electrons. The van der Waals surface area contributed by atoms with Crippen molar-refractivity contribution in [2.24, 2.45) is 16.5 Å². The highest BCUT2D eigenvalue weighted by atomic mass is 35.5. The van der Waals surface area contributed by atoms with Crippen molar-refractivity contribution >= 4 is 28.7 Å². The molecule has 0 bridgehead atoms. The van der Waals surface area contributed by atoms with E-state index < -0.39 is 0 Å². The standard InChI is InChI=1S/C20H25ClN4.C7H13N.C2H5N.CH4/c1-15(25-14-22)19(21)13-24-18-8-5-6-16(12-18)10-11-17-7-3-4-9-20(17)23-2;1-7(2)8-5-3-4-6-8;1-2-3;/h3-9,12-13,23-24H,10-11,14,22H2,1-2H3;1,3-6H2,2H3;2H,1,3H2;1H4/b19-13+,25-15-;;;. The van der Waals surface area contributed by atoms with Crippen molar-refractivity contribution in [3.63, 3.8) is 0 Å². The molecule has 6 N–H and O–H groups in total. The summed E-state index contributed by atoms with van der Waals surface area (Å²) in [6, 6.07) is 16.7. The predicted octanol–water partition coefficient (Wildman–Crippen LogP) is 6.72. The summed E-state index contributed by atoms with van der Waals surface area (Å²) in [6.07, 6.45) is 7.66. The molecule has 2 aromatic carbocycles. The number of para-hydroxylation sites is 1. The van der Waals surface area contributed by atoms with Gasteiger partial charge in [0.1, 0.15) is 0 Å². The zero-order chi connectivity index (χ0) is 26.8. The summed E-state index contributed by atoms with van der Waals surface area (Å²) < 4.78 is 0. The molecule has 0 spiro atoms. The van der Waals surface area contributed by atoms with Gasteiger partial charge < -0.3 is 27.0 Å². The lowest BCUT2D eigenvalue weighted by Crippen LogP contribution is -2.15. The van der Waals surface area contributed by atoms with E-state index in [-0.39, 0.29) is 14.1 Å². The molecule has 7 heteroatoms. The number of nitrogens with zero attached hydrogens (tertiary/aromatic N) is 2. The van der Waals surface area contributed by atoms with Gasteiger partial charge in [0.05, 0.1) is 17.4 Å². The lowest BCUT2D eigenvalue weighted by atomic mass is 10.0. The van der Waals surface area contributed by atoms with Crippen LogP contribution in [0, 0.1) is 0 Å². The first-order chi connectivity index (χ1) is 17.4. The van der Waals surface area contributed by atoms with Crippen LogP contribution in [-0.2, 0) is 12.8 Å². The third kappa shape index (κ3) is 13.6. The van der Waals surface area contributed by atoms with E-state index in [9.17, 15) is 0 Å². The fourth-order valence-corrected chi connectivity index (χ4v) is 3.75. The fourth-order valence-electron chi connectivity index (χ4n) is 3.64. The lowest BCUT2D eigenvalue weighted by Gasteiger charge is -2.15. The van der Waals surface area contributed by atoms with Gasteiger partial charge in [-0.25, -0.2) is 0 Å². The number of allylic oxidation sites excluding steroid dienone is 2. The Labute approximate surface area is 230 Å². The van der Waals surface area contributed by atoms with E-state index in [1.54, 1.807) is 6.20 Å². The van der Waals surface area contributed by atoms with Gasteiger partial charge in [-0.1, -0.05) is 62.5 Å². The van der Waals surface area contributed by atoms with Crippen molar-refractivity contribution in [2.45, 2.75) is 47.0 Å². The number of hydrogen-bond acceptors (Lipinski definition) is 6. The van der Waals surface area contributed by atoms with Crippen molar-refractivity contribution < 1.29 is 0 Å². The highest BCUT2D eigenvalue weighted by molar-refractivity contribution is 6.43. The summed E-state index contributed by atoms with van der Waals surface area (Å²) in [5.41, 5.74) is 16.7. The Balaban J connectivity index is 0.000000900. The molecular formula is C30H47ClN6. The molecule has 1 aliphatic rings. The van der Waals surface area contributed by atoms with Crippen LogP contribution in [-0.4, -0.2) is 37.4 Å². The van der Waals surface area contributed by atoms with Crippen LogP contribution in [0.25, 0.3) is 0 Å². The van der Waals surface area contributed by atoms with Crippen LogP contribution in [0.4, 0.5) is 11.4 Å². The van der Waals surface area contributed by atoms with Gasteiger partial charge in [-0.05, 0) is 75.1 Å². The van der Waals surface area contributed by atoms with Crippen molar-refractivity contribution in [1.29, 1.82) is 0 Å². The molecule has 2 aromatic rings. The SMILES string of the molecule is C.C=C(C)N1CCCC1.C=CN.CNc1ccccc1CCc1cccc(N/C=C(Cl)\C(C)=N/CN)c1. The third-order valence-electron chi connectivity index (χ3n) is 5.58. The molecule has 0 atom stereocenters. The van der Waals surface area contributed by atoms with Crippen LogP contribution in [0.2, 0.25) is 0 Å². The summed E-state index contributed by atoms with van der Waals surface area (Å²) >= 11 is 6.18. The number of anilines is 2. The summed E-state index contributed by atoms with van der Waals surface area (Å²) in [4.78, 5) is 6.42. The number of nitrogens with two attached hydrogens (primary N) is 2. The van der Waals surface area contributed by atoms with Gasteiger partial charge in [0.15, 0.2) is 0 Å². The molecular weight excluding hydrogens is 480 g/mol. The smallest absolute Gasteiger partial charge is 0.0863 e. The molecule has 3 rings (SSSR count). The van der Waals surface area contributed by atoms with Crippen molar-refractivity contribution in [2.75, 3.05) is 37.4 Å². The number of hydrogen-bond donors (Lipinski definition) is 4. The monoisotopic (exact) mass is 526 g/mol. The van der Waals surface area contributed by atoms with Gasteiger partial charge in [-0.2, -0.15) is 0 Å². The summed E-state index contributed by atoms with van der Waals surface area (Å²) in [7, 11) is 1.95. The first kappa shape index (κ1) is 33.8. The number of benzene rings is 2. The predicted molar refractivity (Wildman–Crippen MR) is 166 cm³/mol. The Kier molecular flexibility index (Phi) is 18.2. The molecule has 0 saturated carbocycles.